The Bertz CT molecular complexity index is 721. The van der Waals surface area contributed by atoms with Gasteiger partial charge in [-0.3, -0.25) is 14.3 Å². The van der Waals surface area contributed by atoms with Crippen LogP contribution in [0.3, 0.4) is 0 Å². The Balaban J connectivity index is 1.62. The number of Topliss-reactive ketones (excluding diaryl/α,β-unsaturated/α-hetero) is 1. The van der Waals surface area contributed by atoms with Gasteiger partial charge in [0.2, 0.25) is 0 Å². The Labute approximate surface area is 139 Å². The molecule has 3 rings (SSSR count). The van der Waals surface area contributed by atoms with E-state index in [1.165, 1.54) is 18.3 Å². The standard InChI is InChI=1S/C16H20N4O2S/c1-11(21)12-6-15(23-10-12)16(22)18-13-4-3-5-20(8-13)14-7-17-19(2)9-14/h6-7,9-10,13H,3-5,8H2,1-2H3,(H,18,22)/t13-/m1/s1. The fourth-order valence-corrected chi connectivity index (χ4v) is 3.65. The second-order valence-corrected chi connectivity index (χ2v) is 6.80. The molecule has 0 saturated carbocycles. The molecular weight excluding hydrogens is 312 g/mol. The van der Waals surface area contributed by atoms with Gasteiger partial charge >= 0.3 is 0 Å². The van der Waals surface area contributed by atoms with Gasteiger partial charge in [-0.25, -0.2) is 0 Å². The van der Waals surface area contributed by atoms with Crippen molar-refractivity contribution in [2.75, 3.05) is 18.0 Å². The number of nitrogens with one attached hydrogen (secondary N) is 1. The van der Waals surface area contributed by atoms with Crippen LogP contribution in [0.4, 0.5) is 5.69 Å². The van der Waals surface area contributed by atoms with Crippen molar-refractivity contribution in [3.63, 3.8) is 0 Å². The van der Waals surface area contributed by atoms with Crippen molar-refractivity contribution < 1.29 is 9.59 Å². The fourth-order valence-electron chi connectivity index (χ4n) is 2.80. The number of aromatic nitrogens is 2. The number of hydrogen-bond acceptors (Lipinski definition) is 5. The molecule has 0 unspecified atom stereocenters. The number of amides is 1. The lowest BCUT2D eigenvalue weighted by Crippen LogP contribution is -2.47. The van der Waals surface area contributed by atoms with Crippen molar-refractivity contribution >= 4 is 28.7 Å². The molecule has 1 saturated heterocycles. The maximum Gasteiger partial charge on any atom is 0.261 e. The van der Waals surface area contributed by atoms with E-state index in [0.29, 0.717) is 10.4 Å². The SMILES string of the molecule is CC(=O)c1csc(C(=O)N[C@@H]2CCCN(c3cnn(C)c3)C2)c1. The molecular formula is C16H20N4O2S. The molecule has 2 aromatic heterocycles. The average molecular weight is 332 g/mol. The molecule has 0 spiro atoms. The first-order valence-corrected chi connectivity index (χ1v) is 8.55. The average Bonchev–Trinajstić information content (AvgIpc) is 3.16. The predicted octanol–water partition coefficient (Wildman–Crippen LogP) is 2.08. The van der Waals surface area contributed by atoms with Crippen LogP contribution in [0.2, 0.25) is 0 Å². The van der Waals surface area contributed by atoms with Gasteiger partial charge in [-0.15, -0.1) is 11.3 Å². The first kappa shape index (κ1) is 15.7. The van der Waals surface area contributed by atoms with Gasteiger partial charge in [-0.1, -0.05) is 0 Å². The van der Waals surface area contributed by atoms with Crippen LogP contribution in [0.5, 0.6) is 0 Å². The van der Waals surface area contributed by atoms with E-state index in [1.54, 1.807) is 16.1 Å². The van der Waals surface area contributed by atoms with E-state index in [0.717, 1.165) is 31.6 Å². The monoisotopic (exact) mass is 332 g/mol. The molecule has 0 aromatic carbocycles. The van der Waals surface area contributed by atoms with Crippen molar-refractivity contribution in [3.8, 4) is 0 Å². The van der Waals surface area contributed by atoms with Crippen LogP contribution in [0.25, 0.3) is 0 Å². The number of ketones is 1. The summed E-state index contributed by atoms with van der Waals surface area (Å²) in [7, 11) is 1.90. The molecule has 3 heterocycles. The van der Waals surface area contributed by atoms with E-state index in [9.17, 15) is 9.59 Å². The number of carbonyl (C=O) groups excluding carboxylic acids is 2. The molecule has 1 amide bonds. The summed E-state index contributed by atoms with van der Waals surface area (Å²) in [5, 5.41) is 9.02. The number of rotatable bonds is 4. The van der Waals surface area contributed by atoms with Crippen molar-refractivity contribution in [1.82, 2.24) is 15.1 Å². The van der Waals surface area contributed by atoms with Gasteiger partial charge in [-0.2, -0.15) is 5.10 Å². The van der Waals surface area contributed by atoms with E-state index in [-0.39, 0.29) is 17.7 Å². The maximum atomic E-state index is 12.3. The smallest absolute Gasteiger partial charge is 0.261 e. The zero-order valence-corrected chi connectivity index (χ0v) is 14.1. The largest absolute Gasteiger partial charge is 0.367 e. The molecule has 1 aliphatic heterocycles. The second-order valence-electron chi connectivity index (χ2n) is 5.89. The lowest BCUT2D eigenvalue weighted by molar-refractivity contribution is 0.0937. The number of carbonyl (C=O) groups is 2. The number of hydrogen-bond donors (Lipinski definition) is 1. The van der Waals surface area contributed by atoms with E-state index < -0.39 is 0 Å². The normalized spacial score (nSPS) is 18.0. The Morgan fingerprint density at radius 2 is 2.26 bits per heavy atom. The van der Waals surface area contributed by atoms with Gasteiger partial charge in [0, 0.05) is 43.3 Å². The number of aryl methyl sites for hydroxylation is 1. The highest BCUT2D eigenvalue weighted by Gasteiger charge is 2.23. The summed E-state index contributed by atoms with van der Waals surface area (Å²) in [5.74, 6) is -0.110. The highest BCUT2D eigenvalue weighted by atomic mass is 32.1. The summed E-state index contributed by atoms with van der Waals surface area (Å²) in [4.78, 5) is 26.5. The molecule has 0 radical (unpaired) electrons. The van der Waals surface area contributed by atoms with E-state index in [2.05, 4.69) is 15.3 Å². The molecule has 7 heteroatoms. The molecule has 23 heavy (non-hydrogen) atoms. The van der Waals surface area contributed by atoms with Crippen LogP contribution in [-0.2, 0) is 7.05 Å². The highest BCUT2D eigenvalue weighted by Crippen LogP contribution is 2.20. The summed E-state index contributed by atoms with van der Waals surface area (Å²) < 4.78 is 1.78. The molecule has 122 valence electrons. The quantitative estimate of drug-likeness (QED) is 0.871. The Morgan fingerprint density at radius 3 is 2.91 bits per heavy atom. The van der Waals surface area contributed by atoms with Crippen LogP contribution in [0, 0.1) is 0 Å². The highest BCUT2D eigenvalue weighted by molar-refractivity contribution is 7.12. The summed E-state index contributed by atoms with van der Waals surface area (Å²) in [5.41, 5.74) is 1.68. The van der Waals surface area contributed by atoms with Crippen LogP contribution in [-0.4, -0.2) is 40.6 Å². The zero-order valence-electron chi connectivity index (χ0n) is 13.3. The third-order valence-corrected chi connectivity index (χ3v) is 4.97. The minimum Gasteiger partial charge on any atom is -0.367 e. The third-order valence-electron chi connectivity index (χ3n) is 4.04. The number of anilines is 1. The van der Waals surface area contributed by atoms with Crippen molar-refractivity contribution in [2.24, 2.45) is 7.05 Å². The van der Waals surface area contributed by atoms with Crippen LogP contribution < -0.4 is 10.2 Å². The molecule has 1 N–H and O–H groups in total. The van der Waals surface area contributed by atoms with Crippen LogP contribution >= 0.6 is 11.3 Å². The number of nitrogens with zero attached hydrogens (tertiary/aromatic N) is 3. The van der Waals surface area contributed by atoms with Gasteiger partial charge in [-0.05, 0) is 25.8 Å². The molecule has 1 atom stereocenters. The van der Waals surface area contributed by atoms with Gasteiger partial charge < -0.3 is 10.2 Å². The summed E-state index contributed by atoms with van der Waals surface area (Å²) in [6.45, 7) is 3.27. The summed E-state index contributed by atoms with van der Waals surface area (Å²) >= 11 is 1.32. The third kappa shape index (κ3) is 3.61. The van der Waals surface area contributed by atoms with E-state index in [4.69, 9.17) is 0 Å². The first-order valence-electron chi connectivity index (χ1n) is 7.67. The van der Waals surface area contributed by atoms with E-state index >= 15 is 0 Å². The fraction of sp³-hybridized carbons (Fsp3) is 0.438. The zero-order chi connectivity index (χ0) is 16.4. The van der Waals surface area contributed by atoms with Crippen molar-refractivity contribution in [1.29, 1.82) is 0 Å². The minimum atomic E-state index is -0.0967. The molecule has 0 bridgehead atoms. The Morgan fingerprint density at radius 1 is 1.43 bits per heavy atom. The molecule has 1 fully saturated rings. The van der Waals surface area contributed by atoms with Crippen LogP contribution in [0.1, 0.15) is 39.8 Å². The minimum absolute atomic E-state index is 0.0132. The molecule has 1 aliphatic rings. The Hall–Kier alpha value is -2.15. The van der Waals surface area contributed by atoms with Gasteiger partial charge in [0.15, 0.2) is 5.78 Å². The second kappa shape index (κ2) is 6.54. The maximum absolute atomic E-state index is 12.3. The molecule has 6 nitrogen and oxygen atoms in total. The first-order chi connectivity index (χ1) is 11.0. The topological polar surface area (TPSA) is 67.2 Å². The van der Waals surface area contributed by atoms with Gasteiger partial charge in [0.1, 0.15) is 0 Å². The van der Waals surface area contributed by atoms with E-state index in [1.807, 2.05) is 19.4 Å². The summed E-state index contributed by atoms with van der Waals surface area (Å²) in [6.07, 6.45) is 5.83. The molecule has 0 aliphatic carbocycles. The van der Waals surface area contributed by atoms with Gasteiger partial charge in [0.05, 0.1) is 16.8 Å². The van der Waals surface area contributed by atoms with Crippen molar-refractivity contribution in [2.45, 2.75) is 25.8 Å². The number of thiophene rings is 1. The Kier molecular flexibility index (Phi) is 4.47. The lowest BCUT2D eigenvalue weighted by Gasteiger charge is -2.33. The molecule has 2 aromatic rings. The number of piperidine rings is 1. The summed E-state index contributed by atoms with van der Waals surface area (Å²) in [6, 6.07) is 1.78. The van der Waals surface area contributed by atoms with Gasteiger partial charge in [0.25, 0.3) is 5.91 Å². The lowest BCUT2D eigenvalue weighted by atomic mass is 10.1. The predicted molar refractivity (Wildman–Crippen MR) is 90.2 cm³/mol. The van der Waals surface area contributed by atoms with Crippen molar-refractivity contribution in [3.05, 3.63) is 34.3 Å². The van der Waals surface area contributed by atoms with Crippen LogP contribution in [0.15, 0.2) is 23.8 Å².